The molecule has 3 aliphatic rings. The van der Waals surface area contributed by atoms with Crippen molar-refractivity contribution in [2.75, 3.05) is 51.3 Å². The Morgan fingerprint density at radius 1 is 1.14 bits per heavy atom. The highest BCUT2D eigenvalue weighted by molar-refractivity contribution is 5.95. The molecule has 5 rings (SSSR count). The molecule has 3 heterocycles. The molecule has 1 spiro atoms. The van der Waals surface area contributed by atoms with Crippen LogP contribution >= 0.6 is 0 Å². The van der Waals surface area contributed by atoms with Crippen molar-refractivity contribution in [3.63, 3.8) is 0 Å². The number of benzene rings is 2. The van der Waals surface area contributed by atoms with Gasteiger partial charge < -0.3 is 19.6 Å². The first kappa shape index (κ1) is 25.0. The fraction of sp³-hybridized carbons (Fsp3) is 0.519. The van der Waals surface area contributed by atoms with Crippen molar-refractivity contribution in [2.24, 2.45) is 0 Å². The van der Waals surface area contributed by atoms with Crippen LogP contribution in [-0.4, -0.2) is 79.0 Å². The molecule has 0 aliphatic carbocycles. The Bertz CT molecular complexity index is 1070. The quantitative estimate of drug-likeness (QED) is 0.546. The van der Waals surface area contributed by atoms with Crippen molar-refractivity contribution >= 4 is 11.7 Å². The molecule has 2 aromatic rings. The average molecular weight is 498 g/mol. The predicted molar refractivity (Wildman–Crippen MR) is 137 cm³/mol. The zero-order chi connectivity index (χ0) is 25.3. The molecule has 0 saturated carbocycles. The number of likely N-dealkylation sites (tertiary alicyclic amines) is 1. The van der Waals surface area contributed by atoms with Crippen molar-refractivity contribution in [2.45, 2.75) is 43.9 Å². The van der Waals surface area contributed by atoms with E-state index in [0.29, 0.717) is 36.9 Å². The molecular weight excluding hydrogens is 461 g/mol. The smallest absolute Gasteiger partial charge is 0.325 e. The Morgan fingerprint density at radius 2 is 1.83 bits per heavy atom. The van der Waals surface area contributed by atoms with Gasteiger partial charge in [-0.3, -0.25) is 15.8 Å². The topological polar surface area (TPSA) is 80.3 Å². The molecule has 3 fully saturated rings. The minimum atomic E-state index is -0.389. The first-order valence-electron chi connectivity index (χ1n) is 12.8. The molecule has 0 bridgehead atoms. The number of hydrogen-bond donors (Lipinski definition) is 3. The highest BCUT2D eigenvalue weighted by Gasteiger charge is 2.51. The van der Waals surface area contributed by atoms with Gasteiger partial charge in [0.1, 0.15) is 11.6 Å². The lowest BCUT2D eigenvalue weighted by Crippen LogP contribution is -2.54. The van der Waals surface area contributed by atoms with Crippen molar-refractivity contribution in [1.82, 2.24) is 20.7 Å². The molecule has 3 N–H and O–H groups in total. The molecule has 0 radical (unpaired) electrons. The highest BCUT2D eigenvalue weighted by Crippen LogP contribution is 2.40. The van der Waals surface area contributed by atoms with Crippen LogP contribution in [0.1, 0.15) is 36.8 Å². The molecule has 1 atom stereocenters. The Morgan fingerprint density at radius 3 is 2.47 bits per heavy atom. The average Bonchev–Trinajstić information content (AvgIpc) is 3.49. The molecule has 8 nitrogen and oxygen atoms in total. The van der Waals surface area contributed by atoms with Gasteiger partial charge in [-0.25, -0.2) is 9.18 Å². The third-order valence-corrected chi connectivity index (χ3v) is 7.80. The van der Waals surface area contributed by atoms with Crippen molar-refractivity contribution in [3.8, 4) is 5.75 Å². The molecule has 9 heteroatoms. The summed E-state index contributed by atoms with van der Waals surface area (Å²) in [6, 6.07) is 12.9. The number of ether oxygens (including phenoxy) is 1. The fourth-order valence-electron chi connectivity index (χ4n) is 5.82. The maximum Gasteiger partial charge on any atom is 0.325 e. The Labute approximate surface area is 212 Å². The lowest BCUT2D eigenvalue weighted by atomic mass is 9.86. The summed E-state index contributed by atoms with van der Waals surface area (Å²) < 4.78 is 19.5. The maximum atomic E-state index is 14.3. The van der Waals surface area contributed by atoms with E-state index in [4.69, 9.17) is 4.74 Å². The number of β-amino-alcohol motifs (C(OH)–C–C–N with tert-alkyl or cyclic N) is 1. The number of piperidine rings is 1. The normalized spacial score (nSPS) is 21.5. The summed E-state index contributed by atoms with van der Waals surface area (Å²) in [5.74, 6) is 0.485. The number of nitrogens with zero attached hydrogens (tertiary/aromatic N) is 3. The number of aliphatic hydroxyl groups is 1. The van der Waals surface area contributed by atoms with E-state index in [1.807, 2.05) is 21.9 Å². The number of halogens is 1. The number of carbonyl (C=O) groups excluding carboxylic acids is 1. The van der Waals surface area contributed by atoms with Gasteiger partial charge in [-0.2, -0.15) is 0 Å². The van der Waals surface area contributed by atoms with Crippen LogP contribution in [0.4, 0.5) is 14.9 Å². The SMILES string of the molecule is COc1cc(F)cc(CN2C(=O)N(c3ccc(C4CNNC4)cc3)CC23CCN(CC(C)O)CC3)c1. The first-order valence-corrected chi connectivity index (χ1v) is 12.8. The first-order chi connectivity index (χ1) is 17.4. The predicted octanol–water partition coefficient (Wildman–Crippen LogP) is 2.68. The Hall–Kier alpha value is -2.72. The fourth-order valence-corrected chi connectivity index (χ4v) is 5.82. The van der Waals surface area contributed by atoms with Gasteiger partial charge in [-0.05, 0) is 55.2 Å². The van der Waals surface area contributed by atoms with Crippen molar-refractivity contribution < 1.29 is 19.0 Å². The van der Waals surface area contributed by atoms with E-state index in [0.717, 1.165) is 44.7 Å². The molecule has 3 aliphatic heterocycles. The lowest BCUT2D eigenvalue weighted by Gasteiger charge is -2.44. The van der Waals surface area contributed by atoms with Crippen LogP contribution in [0, 0.1) is 5.82 Å². The van der Waals surface area contributed by atoms with Crippen LogP contribution in [0.3, 0.4) is 0 Å². The van der Waals surface area contributed by atoms with Crippen molar-refractivity contribution in [3.05, 3.63) is 59.4 Å². The molecular formula is C27H36FN5O3. The molecule has 1 unspecified atom stereocenters. The second-order valence-electron chi connectivity index (χ2n) is 10.4. The summed E-state index contributed by atoms with van der Waals surface area (Å²) >= 11 is 0. The summed E-state index contributed by atoms with van der Waals surface area (Å²) in [6.07, 6.45) is 1.21. The van der Waals surface area contributed by atoms with Gasteiger partial charge in [0.15, 0.2) is 0 Å². The molecule has 36 heavy (non-hydrogen) atoms. The number of anilines is 1. The van der Waals surface area contributed by atoms with E-state index in [2.05, 4.69) is 27.9 Å². The zero-order valence-corrected chi connectivity index (χ0v) is 21.0. The van der Waals surface area contributed by atoms with E-state index in [1.54, 1.807) is 13.0 Å². The maximum absolute atomic E-state index is 14.3. The summed E-state index contributed by atoms with van der Waals surface area (Å²) in [5.41, 5.74) is 8.81. The van der Waals surface area contributed by atoms with Crippen LogP contribution in [-0.2, 0) is 6.54 Å². The lowest BCUT2D eigenvalue weighted by molar-refractivity contribution is 0.0488. The van der Waals surface area contributed by atoms with Crippen LogP contribution in [0.15, 0.2) is 42.5 Å². The zero-order valence-electron chi connectivity index (χ0n) is 21.0. The van der Waals surface area contributed by atoms with Gasteiger partial charge in [0, 0.05) is 56.9 Å². The molecule has 2 aromatic carbocycles. The van der Waals surface area contributed by atoms with Crippen LogP contribution in [0.25, 0.3) is 0 Å². The molecule has 194 valence electrons. The van der Waals surface area contributed by atoms with E-state index < -0.39 is 0 Å². The number of urea groups is 1. The van der Waals surface area contributed by atoms with E-state index in [1.165, 1.54) is 24.8 Å². The van der Waals surface area contributed by atoms with E-state index in [-0.39, 0.29) is 23.5 Å². The van der Waals surface area contributed by atoms with Crippen LogP contribution in [0.2, 0.25) is 0 Å². The van der Waals surface area contributed by atoms with Crippen LogP contribution < -0.4 is 20.5 Å². The van der Waals surface area contributed by atoms with Crippen molar-refractivity contribution in [1.29, 1.82) is 0 Å². The van der Waals surface area contributed by atoms with Gasteiger partial charge in [0.25, 0.3) is 0 Å². The van der Waals surface area contributed by atoms with Crippen LogP contribution in [0.5, 0.6) is 5.75 Å². The standard InChI is InChI=1S/C27H36FN5O3/c1-19(34)16-31-9-7-27(8-10-31)18-32(24-5-3-21(4-6-24)22-14-29-30-15-22)26(35)33(27)17-20-11-23(28)13-25(12-20)36-2/h3-6,11-13,19,22,29-30,34H,7-10,14-18H2,1-2H3. The molecule has 2 amide bonds. The monoisotopic (exact) mass is 497 g/mol. The Kier molecular flexibility index (Phi) is 7.16. The van der Waals surface area contributed by atoms with Gasteiger partial charge >= 0.3 is 6.03 Å². The summed E-state index contributed by atoms with van der Waals surface area (Å²) in [5, 5.41) is 9.85. The highest BCUT2D eigenvalue weighted by atomic mass is 19.1. The second kappa shape index (κ2) is 10.3. The Balaban J connectivity index is 1.41. The number of methoxy groups -OCH3 is 1. The van der Waals surface area contributed by atoms with Gasteiger partial charge in [0.2, 0.25) is 0 Å². The summed E-state index contributed by atoms with van der Waals surface area (Å²) in [6.45, 7) is 6.71. The number of aliphatic hydroxyl groups excluding tert-OH is 1. The minimum Gasteiger partial charge on any atom is -0.497 e. The van der Waals surface area contributed by atoms with Gasteiger partial charge in [0.05, 0.1) is 25.3 Å². The summed E-state index contributed by atoms with van der Waals surface area (Å²) in [4.78, 5) is 19.9. The second-order valence-corrected chi connectivity index (χ2v) is 10.4. The number of hydrogen-bond acceptors (Lipinski definition) is 6. The molecule has 3 saturated heterocycles. The number of rotatable bonds is 7. The molecule has 0 aromatic heterocycles. The summed E-state index contributed by atoms with van der Waals surface area (Å²) in [7, 11) is 1.52. The van der Waals surface area contributed by atoms with E-state index >= 15 is 0 Å². The third kappa shape index (κ3) is 5.06. The number of nitrogens with one attached hydrogen (secondary N) is 2. The number of carbonyl (C=O) groups is 1. The van der Waals surface area contributed by atoms with Gasteiger partial charge in [-0.15, -0.1) is 0 Å². The minimum absolute atomic E-state index is 0.0563. The third-order valence-electron chi connectivity index (χ3n) is 7.80. The van der Waals surface area contributed by atoms with E-state index in [9.17, 15) is 14.3 Å². The number of amides is 2. The van der Waals surface area contributed by atoms with Gasteiger partial charge in [-0.1, -0.05) is 12.1 Å². The number of hydrazine groups is 1. The largest absolute Gasteiger partial charge is 0.497 e.